The number of rotatable bonds is 7. The van der Waals surface area contributed by atoms with Gasteiger partial charge in [0.1, 0.15) is 5.82 Å². The fourth-order valence-electron chi connectivity index (χ4n) is 3.02. The molecule has 0 aliphatic rings. The highest BCUT2D eigenvalue weighted by molar-refractivity contribution is 7.93. The molecule has 0 saturated carbocycles. The van der Waals surface area contributed by atoms with Crippen molar-refractivity contribution in [1.82, 2.24) is 14.3 Å². The van der Waals surface area contributed by atoms with Gasteiger partial charge in [0.15, 0.2) is 5.15 Å². The number of benzene rings is 2. The lowest BCUT2D eigenvalue weighted by molar-refractivity contribution is -0.137. The van der Waals surface area contributed by atoms with Crippen molar-refractivity contribution in [3.63, 3.8) is 0 Å². The minimum atomic E-state index is -4.53. The van der Waals surface area contributed by atoms with Crippen LogP contribution in [0.25, 0.3) is 12.2 Å². The van der Waals surface area contributed by atoms with E-state index in [1.807, 2.05) is 4.72 Å². The number of imidazole rings is 1. The molecular weight excluding hydrogens is 526 g/mol. The first-order chi connectivity index (χ1) is 16.4. The van der Waals surface area contributed by atoms with Gasteiger partial charge < -0.3 is 4.57 Å². The van der Waals surface area contributed by atoms with E-state index in [4.69, 9.17) is 23.2 Å². The average molecular weight is 544 g/mol. The zero-order chi connectivity index (χ0) is 25.8. The first-order valence-electron chi connectivity index (χ1n) is 9.92. The van der Waals surface area contributed by atoms with E-state index in [9.17, 15) is 26.4 Å². The molecule has 1 amide bonds. The minimum Gasteiger partial charge on any atom is -0.323 e. The molecule has 3 aromatic rings. The highest BCUT2D eigenvalue weighted by Gasteiger charge is 2.31. The molecule has 0 spiro atoms. The standard InChI is InChI=1S/C23H18Cl2F3N3O3S/c1-15-29-22(25)20(31(15)14-17-7-8-18(13-19(17)24)23(26,27)28)9-10-21(32)30-35(33,34)12-11-16-5-3-2-4-6-16/h2-13H,14H2,1H3,(H,30,32). The topological polar surface area (TPSA) is 81.1 Å². The fourth-order valence-corrected chi connectivity index (χ4v) is 4.30. The normalized spacial score (nSPS) is 12.5. The van der Waals surface area contributed by atoms with Crippen LogP contribution in [-0.2, 0) is 27.5 Å². The number of halogens is 5. The number of aryl methyl sites for hydroxylation is 1. The van der Waals surface area contributed by atoms with Crippen molar-refractivity contribution in [3.8, 4) is 0 Å². The summed E-state index contributed by atoms with van der Waals surface area (Å²) in [5.74, 6) is -0.527. The number of aromatic nitrogens is 2. The molecule has 1 aromatic heterocycles. The molecule has 12 heteroatoms. The Morgan fingerprint density at radius 2 is 1.80 bits per heavy atom. The number of carbonyl (C=O) groups is 1. The lowest BCUT2D eigenvalue weighted by Crippen LogP contribution is -2.26. The van der Waals surface area contributed by atoms with Gasteiger partial charge in [-0.25, -0.2) is 18.1 Å². The van der Waals surface area contributed by atoms with E-state index in [1.54, 1.807) is 37.3 Å². The second kappa shape index (κ2) is 10.7. The maximum atomic E-state index is 12.9. The van der Waals surface area contributed by atoms with Crippen molar-refractivity contribution < 1.29 is 26.4 Å². The molecule has 0 bridgehead atoms. The van der Waals surface area contributed by atoms with Gasteiger partial charge >= 0.3 is 6.18 Å². The molecule has 0 atom stereocenters. The summed E-state index contributed by atoms with van der Waals surface area (Å²) in [7, 11) is -4.06. The highest BCUT2D eigenvalue weighted by Crippen LogP contribution is 2.32. The molecule has 0 aliphatic heterocycles. The Hall–Kier alpha value is -3.08. The van der Waals surface area contributed by atoms with Crippen molar-refractivity contribution >= 4 is 51.3 Å². The predicted molar refractivity (Wildman–Crippen MR) is 129 cm³/mol. The Labute approximate surface area is 209 Å². The summed E-state index contributed by atoms with van der Waals surface area (Å²) >= 11 is 12.2. The molecule has 0 radical (unpaired) electrons. The molecule has 35 heavy (non-hydrogen) atoms. The smallest absolute Gasteiger partial charge is 0.323 e. The van der Waals surface area contributed by atoms with Gasteiger partial charge in [-0.05, 0) is 42.3 Å². The van der Waals surface area contributed by atoms with E-state index in [2.05, 4.69) is 4.98 Å². The van der Waals surface area contributed by atoms with Crippen LogP contribution < -0.4 is 4.72 Å². The second-order valence-electron chi connectivity index (χ2n) is 7.28. The molecule has 0 saturated heterocycles. The average Bonchev–Trinajstić information content (AvgIpc) is 3.04. The van der Waals surface area contributed by atoms with Crippen LogP contribution in [0.1, 0.15) is 28.2 Å². The van der Waals surface area contributed by atoms with Crippen LogP contribution in [0.2, 0.25) is 10.2 Å². The first-order valence-corrected chi connectivity index (χ1v) is 12.2. The molecule has 184 valence electrons. The maximum Gasteiger partial charge on any atom is 0.416 e. The summed E-state index contributed by atoms with van der Waals surface area (Å²) in [6, 6.07) is 11.6. The van der Waals surface area contributed by atoms with E-state index in [-0.39, 0.29) is 22.4 Å². The van der Waals surface area contributed by atoms with E-state index < -0.39 is 27.7 Å². The Morgan fingerprint density at radius 1 is 1.11 bits per heavy atom. The number of hydrogen-bond acceptors (Lipinski definition) is 4. The van der Waals surface area contributed by atoms with Crippen molar-refractivity contribution in [3.05, 3.63) is 98.4 Å². The van der Waals surface area contributed by atoms with E-state index in [1.165, 1.54) is 22.8 Å². The van der Waals surface area contributed by atoms with Crippen molar-refractivity contribution in [2.45, 2.75) is 19.6 Å². The Morgan fingerprint density at radius 3 is 2.43 bits per heavy atom. The maximum absolute atomic E-state index is 12.9. The third-order valence-corrected chi connectivity index (χ3v) is 6.35. The van der Waals surface area contributed by atoms with Gasteiger partial charge in [-0.1, -0.05) is 59.6 Å². The van der Waals surface area contributed by atoms with Gasteiger partial charge in [-0.15, -0.1) is 0 Å². The fraction of sp³-hybridized carbons (Fsp3) is 0.130. The lowest BCUT2D eigenvalue weighted by Gasteiger charge is -2.12. The number of carbonyl (C=O) groups excluding carboxylic acids is 1. The molecule has 0 aliphatic carbocycles. The molecule has 1 N–H and O–H groups in total. The second-order valence-corrected chi connectivity index (χ2v) is 9.61. The molecule has 2 aromatic carbocycles. The number of alkyl halides is 3. The molecular formula is C23H18Cl2F3N3O3S. The first kappa shape index (κ1) is 26.5. The summed E-state index contributed by atoms with van der Waals surface area (Å²) in [6.07, 6.45) is -0.982. The van der Waals surface area contributed by atoms with Gasteiger partial charge in [0.05, 0.1) is 23.2 Å². The summed E-state index contributed by atoms with van der Waals surface area (Å²) in [6.45, 7) is 1.63. The van der Waals surface area contributed by atoms with Gasteiger partial charge in [-0.2, -0.15) is 13.2 Å². The number of amides is 1. The lowest BCUT2D eigenvalue weighted by atomic mass is 10.1. The van der Waals surface area contributed by atoms with Gasteiger partial charge in [-0.3, -0.25) is 4.79 Å². The number of hydrogen-bond donors (Lipinski definition) is 1. The molecule has 1 heterocycles. The predicted octanol–water partition coefficient (Wildman–Crippen LogP) is 5.70. The van der Waals surface area contributed by atoms with Crippen LogP contribution in [-0.4, -0.2) is 23.9 Å². The molecule has 0 unspecified atom stereocenters. The van der Waals surface area contributed by atoms with Crippen molar-refractivity contribution in [2.75, 3.05) is 0 Å². The van der Waals surface area contributed by atoms with Gasteiger partial charge in [0, 0.05) is 11.1 Å². The summed E-state index contributed by atoms with van der Waals surface area (Å²) in [4.78, 5) is 16.3. The van der Waals surface area contributed by atoms with E-state index in [0.29, 0.717) is 17.0 Å². The number of nitrogens with zero attached hydrogens (tertiary/aromatic N) is 2. The van der Waals surface area contributed by atoms with Crippen molar-refractivity contribution in [1.29, 1.82) is 0 Å². The van der Waals surface area contributed by atoms with Crippen LogP contribution in [0, 0.1) is 6.92 Å². The Balaban J connectivity index is 1.77. The zero-order valence-electron chi connectivity index (χ0n) is 18.1. The van der Waals surface area contributed by atoms with Gasteiger partial charge in [0.2, 0.25) is 0 Å². The third kappa shape index (κ3) is 7.20. The summed E-state index contributed by atoms with van der Waals surface area (Å²) < 4.78 is 66.4. The van der Waals surface area contributed by atoms with Gasteiger partial charge in [0.25, 0.3) is 15.9 Å². The quantitative estimate of drug-likeness (QED) is 0.388. The minimum absolute atomic E-state index is 0.0152. The van der Waals surface area contributed by atoms with Crippen LogP contribution in [0.3, 0.4) is 0 Å². The van der Waals surface area contributed by atoms with Crippen LogP contribution in [0.15, 0.2) is 60.0 Å². The highest BCUT2D eigenvalue weighted by atomic mass is 35.5. The third-order valence-electron chi connectivity index (χ3n) is 4.74. The SMILES string of the molecule is Cc1nc(Cl)c(C=CC(=O)NS(=O)(=O)C=Cc2ccccc2)n1Cc1ccc(C(F)(F)F)cc1Cl. The largest absolute Gasteiger partial charge is 0.416 e. The Bertz CT molecular complexity index is 1400. The van der Waals surface area contributed by atoms with E-state index in [0.717, 1.165) is 23.6 Å². The molecule has 3 rings (SSSR count). The number of sulfonamides is 1. The van der Waals surface area contributed by atoms with Crippen LogP contribution >= 0.6 is 23.2 Å². The summed E-state index contributed by atoms with van der Waals surface area (Å²) in [5, 5.41) is 0.775. The van der Waals surface area contributed by atoms with Crippen LogP contribution in [0.4, 0.5) is 13.2 Å². The van der Waals surface area contributed by atoms with E-state index >= 15 is 0 Å². The molecule has 0 fully saturated rings. The number of nitrogens with one attached hydrogen (secondary N) is 1. The Kier molecular flexibility index (Phi) is 8.09. The monoisotopic (exact) mass is 543 g/mol. The summed E-state index contributed by atoms with van der Waals surface area (Å²) in [5.41, 5.74) is 0.358. The van der Waals surface area contributed by atoms with Crippen LogP contribution in [0.5, 0.6) is 0 Å². The molecule has 6 nitrogen and oxygen atoms in total. The van der Waals surface area contributed by atoms with Crippen molar-refractivity contribution in [2.24, 2.45) is 0 Å². The zero-order valence-corrected chi connectivity index (χ0v) is 20.4.